The van der Waals surface area contributed by atoms with Crippen LogP contribution in [0.15, 0.2) is 53.9 Å². The number of anilines is 2. The quantitative estimate of drug-likeness (QED) is 0.577. The highest BCUT2D eigenvalue weighted by atomic mass is 32.1. The first-order chi connectivity index (χ1) is 12.8. The Morgan fingerprint density at radius 3 is 2.41 bits per heavy atom. The van der Waals surface area contributed by atoms with Gasteiger partial charge >= 0.3 is 12.1 Å². The van der Waals surface area contributed by atoms with E-state index in [1.54, 1.807) is 5.38 Å². The van der Waals surface area contributed by atoms with Crippen LogP contribution in [0.25, 0.3) is 0 Å². The molecule has 0 bridgehead atoms. The van der Waals surface area contributed by atoms with Gasteiger partial charge in [0.2, 0.25) is 0 Å². The van der Waals surface area contributed by atoms with E-state index in [4.69, 9.17) is 4.74 Å². The first-order valence-corrected chi connectivity index (χ1v) is 8.82. The summed E-state index contributed by atoms with van der Waals surface area (Å²) in [7, 11) is 0. The lowest BCUT2D eigenvalue weighted by atomic mass is 10.1. The van der Waals surface area contributed by atoms with Crippen molar-refractivity contribution < 1.29 is 22.7 Å². The molecular formula is C19H15F3N2O2S. The highest BCUT2D eigenvalue weighted by Gasteiger charge is 2.30. The van der Waals surface area contributed by atoms with E-state index in [9.17, 15) is 18.0 Å². The smallest absolute Gasteiger partial charge is 0.416 e. The third-order valence-electron chi connectivity index (χ3n) is 3.65. The van der Waals surface area contributed by atoms with Crippen molar-refractivity contribution in [2.45, 2.75) is 19.7 Å². The molecule has 0 amide bonds. The summed E-state index contributed by atoms with van der Waals surface area (Å²) < 4.78 is 42.7. The minimum Gasteiger partial charge on any atom is -0.456 e. The number of aromatic nitrogens is 1. The van der Waals surface area contributed by atoms with Crippen LogP contribution in [0.3, 0.4) is 0 Å². The van der Waals surface area contributed by atoms with E-state index >= 15 is 0 Å². The van der Waals surface area contributed by atoms with E-state index in [1.165, 1.54) is 11.3 Å². The number of thiazole rings is 1. The van der Waals surface area contributed by atoms with E-state index in [0.717, 1.165) is 35.5 Å². The second-order valence-electron chi connectivity index (χ2n) is 5.79. The van der Waals surface area contributed by atoms with Crippen LogP contribution in [0.5, 0.6) is 0 Å². The molecule has 8 heteroatoms. The molecule has 3 aromatic rings. The van der Waals surface area contributed by atoms with Gasteiger partial charge in [-0.25, -0.2) is 9.78 Å². The van der Waals surface area contributed by atoms with Gasteiger partial charge in [0.1, 0.15) is 6.61 Å². The molecule has 0 aliphatic rings. The number of rotatable bonds is 5. The van der Waals surface area contributed by atoms with Gasteiger partial charge in [0, 0.05) is 11.1 Å². The number of benzene rings is 2. The Morgan fingerprint density at radius 1 is 1.11 bits per heavy atom. The molecule has 0 radical (unpaired) electrons. The lowest BCUT2D eigenvalue weighted by molar-refractivity contribution is -0.137. The van der Waals surface area contributed by atoms with Crippen molar-refractivity contribution in [3.8, 4) is 0 Å². The largest absolute Gasteiger partial charge is 0.456 e. The molecule has 0 atom stereocenters. The van der Waals surface area contributed by atoms with Gasteiger partial charge in [-0.05, 0) is 43.3 Å². The summed E-state index contributed by atoms with van der Waals surface area (Å²) in [4.78, 5) is 16.3. The molecule has 2 aromatic carbocycles. The van der Waals surface area contributed by atoms with Crippen LogP contribution < -0.4 is 5.32 Å². The van der Waals surface area contributed by atoms with Gasteiger partial charge in [0.15, 0.2) is 5.13 Å². The average Bonchev–Trinajstić information content (AvgIpc) is 3.08. The minimum atomic E-state index is -4.44. The van der Waals surface area contributed by atoms with Crippen molar-refractivity contribution in [1.29, 1.82) is 0 Å². The lowest BCUT2D eigenvalue weighted by Crippen LogP contribution is -2.08. The van der Waals surface area contributed by atoms with Crippen LogP contribution in [-0.4, -0.2) is 11.0 Å². The summed E-state index contributed by atoms with van der Waals surface area (Å²) in [6.45, 7) is 1.93. The molecule has 3 rings (SSSR count). The second-order valence-corrected chi connectivity index (χ2v) is 6.64. The number of nitrogens with zero attached hydrogens (tertiary/aromatic N) is 1. The van der Waals surface area contributed by atoms with Gasteiger partial charge in [-0.3, -0.25) is 0 Å². The van der Waals surface area contributed by atoms with Gasteiger partial charge in [-0.1, -0.05) is 17.7 Å². The maximum absolute atomic E-state index is 12.5. The van der Waals surface area contributed by atoms with Crippen LogP contribution in [0.2, 0.25) is 0 Å². The molecule has 1 heterocycles. The molecular weight excluding hydrogens is 377 g/mol. The number of hydrogen-bond donors (Lipinski definition) is 1. The van der Waals surface area contributed by atoms with Crippen molar-refractivity contribution in [3.05, 3.63) is 76.3 Å². The third-order valence-corrected chi connectivity index (χ3v) is 4.46. The highest BCUT2D eigenvalue weighted by molar-refractivity contribution is 7.13. The van der Waals surface area contributed by atoms with Crippen molar-refractivity contribution in [2.24, 2.45) is 0 Å². The normalized spacial score (nSPS) is 11.3. The molecule has 1 aromatic heterocycles. The third kappa shape index (κ3) is 5.07. The Hall–Kier alpha value is -2.87. The van der Waals surface area contributed by atoms with Crippen LogP contribution >= 0.6 is 11.3 Å². The van der Waals surface area contributed by atoms with E-state index in [-0.39, 0.29) is 12.2 Å². The van der Waals surface area contributed by atoms with Crippen LogP contribution in [0.4, 0.5) is 24.0 Å². The van der Waals surface area contributed by atoms with Gasteiger partial charge in [0.05, 0.1) is 16.8 Å². The lowest BCUT2D eigenvalue weighted by Gasteiger charge is -2.07. The zero-order valence-corrected chi connectivity index (χ0v) is 15.0. The van der Waals surface area contributed by atoms with E-state index in [0.29, 0.717) is 10.8 Å². The predicted molar refractivity (Wildman–Crippen MR) is 97.1 cm³/mol. The average molecular weight is 392 g/mol. The van der Waals surface area contributed by atoms with E-state index < -0.39 is 17.7 Å². The SMILES string of the molecule is Cc1ccc(Nc2nc(COC(=O)c3ccc(C(F)(F)F)cc3)cs2)cc1. The fourth-order valence-electron chi connectivity index (χ4n) is 2.21. The van der Waals surface area contributed by atoms with Crippen LogP contribution in [-0.2, 0) is 17.5 Å². The second kappa shape index (κ2) is 7.79. The zero-order chi connectivity index (χ0) is 19.4. The Balaban J connectivity index is 1.56. The van der Waals surface area contributed by atoms with E-state index in [2.05, 4.69) is 10.3 Å². The number of carbonyl (C=O) groups is 1. The van der Waals surface area contributed by atoms with Gasteiger partial charge < -0.3 is 10.1 Å². The first-order valence-electron chi connectivity index (χ1n) is 7.94. The number of esters is 1. The standard InChI is InChI=1S/C19H15F3N2O2S/c1-12-2-8-15(9-3-12)23-18-24-16(11-27-18)10-26-17(25)13-4-6-14(7-5-13)19(20,21)22/h2-9,11H,10H2,1H3,(H,23,24). The molecule has 4 nitrogen and oxygen atoms in total. The number of aryl methyl sites for hydroxylation is 1. The summed E-state index contributed by atoms with van der Waals surface area (Å²) in [5, 5.41) is 5.55. The molecule has 0 fully saturated rings. The summed E-state index contributed by atoms with van der Waals surface area (Å²) in [5.74, 6) is -0.704. The fraction of sp³-hybridized carbons (Fsp3) is 0.158. The van der Waals surface area contributed by atoms with Gasteiger partial charge in [0.25, 0.3) is 0 Å². The topological polar surface area (TPSA) is 51.2 Å². The molecule has 0 saturated heterocycles. The maximum atomic E-state index is 12.5. The van der Waals surface area contributed by atoms with Crippen molar-refractivity contribution >= 4 is 28.1 Å². The molecule has 27 heavy (non-hydrogen) atoms. The summed E-state index contributed by atoms with van der Waals surface area (Å²) >= 11 is 1.36. The maximum Gasteiger partial charge on any atom is 0.416 e. The van der Waals surface area contributed by atoms with Gasteiger partial charge in [-0.15, -0.1) is 11.3 Å². The Morgan fingerprint density at radius 2 is 1.78 bits per heavy atom. The fourth-order valence-corrected chi connectivity index (χ4v) is 2.92. The van der Waals surface area contributed by atoms with Crippen LogP contribution in [0, 0.1) is 6.92 Å². The minimum absolute atomic E-state index is 0.0521. The molecule has 0 aliphatic carbocycles. The van der Waals surface area contributed by atoms with Crippen LogP contribution in [0.1, 0.15) is 27.2 Å². The van der Waals surface area contributed by atoms with Crippen molar-refractivity contribution in [1.82, 2.24) is 4.98 Å². The van der Waals surface area contributed by atoms with Gasteiger partial charge in [-0.2, -0.15) is 13.2 Å². The number of hydrogen-bond acceptors (Lipinski definition) is 5. The van der Waals surface area contributed by atoms with Crippen molar-refractivity contribution in [3.63, 3.8) is 0 Å². The predicted octanol–water partition coefficient (Wildman–Crippen LogP) is 5.57. The number of nitrogens with one attached hydrogen (secondary N) is 1. The number of alkyl halides is 3. The molecule has 140 valence electrons. The number of carbonyl (C=O) groups excluding carboxylic acids is 1. The Labute approximate surface area is 157 Å². The Bertz CT molecular complexity index is 919. The highest BCUT2D eigenvalue weighted by Crippen LogP contribution is 2.29. The van der Waals surface area contributed by atoms with Crippen molar-refractivity contribution in [2.75, 3.05) is 5.32 Å². The van der Waals surface area contributed by atoms with E-state index in [1.807, 2.05) is 31.2 Å². The molecule has 0 aliphatic heterocycles. The molecule has 1 N–H and O–H groups in total. The summed E-state index contributed by atoms with van der Waals surface area (Å²) in [6.07, 6.45) is -4.44. The Kier molecular flexibility index (Phi) is 5.46. The summed E-state index contributed by atoms with van der Waals surface area (Å²) in [6, 6.07) is 11.7. The molecule has 0 saturated carbocycles. The summed E-state index contributed by atoms with van der Waals surface area (Å²) in [5.41, 5.74) is 1.83. The first kappa shape index (κ1) is 18.9. The zero-order valence-electron chi connectivity index (χ0n) is 14.2. The number of halogens is 3. The molecule has 0 unspecified atom stereocenters. The molecule has 0 spiro atoms. The number of ether oxygens (including phenoxy) is 1. The monoisotopic (exact) mass is 392 g/mol.